The number of nitrogens with one attached hydrogen (secondary N) is 1. The molecule has 0 saturated heterocycles. The summed E-state index contributed by atoms with van der Waals surface area (Å²) in [6, 6.07) is 9.76. The maximum atomic E-state index is 12.2. The number of aromatic hydroxyl groups is 2. The summed E-state index contributed by atoms with van der Waals surface area (Å²) in [4.78, 5) is 12.2. The third kappa shape index (κ3) is 4.89. The summed E-state index contributed by atoms with van der Waals surface area (Å²) in [6.07, 6.45) is 0. The maximum absolute atomic E-state index is 12.2. The van der Waals surface area contributed by atoms with Gasteiger partial charge in [-0.25, -0.2) is 4.79 Å². The minimum atomic E-state index is -0.644. The van der Waals surface area contributed by atoms with Gasteiger partial charge in [-0.15, -0.1) is 0 Å². The number of halogens is 1. The molecular weight excluding hydrogens is 374 g/mol. The summed E-state index contributed by atoms with van der Waals surface area (Å²) in [5, 5.41) is 22.9. The van der Waals surface area contributed by atoms with E-state index in [4.69, 9.17) is 4.74 Å². The highest BCUT2D eigenvalue weighted by atomic mass is 79.9. The van der Waals surface area contributed by atoms with Crippen molar-refractivity contribution in [3.63, 3.8) is 0 Å². The molecule has 24 heavy (non-hydrogen) atoms. The summed E-state index contributed by atoms with van der Waals surface area (Å²) in [6.45, 7) is 5.66. The van der Waals surface area contributed by atoms with Crippen molar-refractivity contribution in [2.45, 2.75) is 32.9 Å². The third-order valence-electron chi connectivity index (χ3n) is 3.14. The zero-order valence-electron chi connectivity index (χ0n) is 13.8. The van der Waals surface area contributed by atoms with Gasteiger partial charge in [-0.05, 0) is 57.2 Å². The highest BCUT2D eigenvalue weighted by Gasteiger charge is 2.20. The van der Waals surface area contributed by atoms with Gasteiger partial charge in [0.2, 0.25) is 0 Å². The Balaban J connectivity index is 2.16. The Labute approximate surface area is 149 Å². The minimum Gasteiger partial charge on any atom is -0.508 e. The molecule has 0 aromatic heterocycles. The number of hydrogen-bond acceptors (Lipinski definition) is 5. The molecule has 0 aliphatic heterocycles. The number of phenols is 2. The van der Waals surface area contributed by atoms with Crippen molar-refractivity contribution in [1.82, 2.24) is 0 Å². The van der Waals surface area contributed by atoms with Crippen LogP contribution in [0.4, 0.5) is 5.69 Å². The molecule has 128 valence electrons. The smallest absolute Gasteiger partial charge is 0.342 e. The molecule has 3 N–H and O–H groups in total. The van der Waals surface area contributed by atoms with E-state index in [1.165, 1.54) is 12.1 Å². The second-order valence-corrected chi connectivity index (χ2v) is 7.28. The average molecular weight is 394 g/mol. The van der Waals surface area contributed by atoms with Crippen molar-refractivity contribution < 1.29 is 19.7 Å². The van der Waals surface area contributed by atoms with Gasteiger partial charge in [-0.1, -0.05) is 15.9 Å². The number of rotatable bonds is 4. The predicted octanol–water partition coefficient (Wildman–Crippen LogP) is 4.43. The van der Waals surface area contributed by atoms with Gasteiger partial charge in [-0.3, -0.25) is 0 Å². The normalized spacial score (nSPS) is 11.2. The Morgan fingerprint density at radius 2 is 1.79 bits per heavy atom. The van der Waals surface area contributed by atoms with Crippen LogP contribution in [0, 0.1) is 0 Å². The molecule has 2 aromatic carbocycles. The van der Waals surface area contributed by atoms with E-state index in [0.717, 1.165) is 4.47 Å². The summed E-state index contributed by atoms with van der Waals surface area (Å²) >= 11 is 3.36. The Morgan fingerprint density at radius 3 is 2.46 bits per heavy atom. The van der Waals surface area contributed by atoms with Crippen molar-refractivity contribution in [2.24, 2.45) is 0 Å². The summed E-state index contributed by atoms with van der Waals surface area (Å²) in [5.74, 6) is -0.550. The van der Waals surface area contributed by atoms with Crippen molar-refractivity contribution >= 4 is 27.6 Å². The molecule has 0 unspecified atom stereocenters. The van der Waals surface area contributed by atoms with Crippen LogP contribution in [0.25, 0.3) is 0 Å². The van der Waals surface area contributed by atoms with Crippen molar-refractivity contribution in [1.29, 1.82) is 0 Å². The van der Waals surface area contributed by atoms with Crippen molar-refractivity contribution in [2.75, 3.05) is 5.32 Å². The van der Waals surface area contributed by atoms with E-state index in [-0.39, 0.29) is 17.1 Å². The lowest BCUT2D eigenvalue weighted by Crippen LogP contribution is -2.24. The molecule has 0 heterocycles. The molecule has 0 bridgehead atoms. The number of anilines is 1. The van der Waals surface area contributed by atoms with Crippen LogP contribution < -0.4 is 5.32 Å². The first kappa shape index (κ1) is 18.1. The predicted molar refractivity (Wildman–Crippen MR) is 96.4 cm³/mol. The SMILES string of the molecule is CC(C)(C)OC(=O)c1cc(NCc2cc(Br)ccc2O)ccc1O. The molecule has 0 fully saturated rings. The summed E-state index contributed by atoms with van der Waals surface area (Å²) < 4.78 is 6.14. The fraction of sp³-hybridized carbons (Fsp3) is 0.278. The summed E-state index contributed by atoms with van der Waals surface area (Å²) in [5.41, 5.74) is 0.785. The van der Waals surface area contributed by atoms with Crippen LogP contribution in [-0.4, -0.2) is 21.8 Å². The number of benzene rings is 2. The molecule has 0 aliphatic carbocycles. The topological polar surface area (TPSA) is 78.8 Å². The Morgan fingerprint density at radius 1 is 1.12 bits per heavy atom. The molecule has 0 spiro atoms. The van der Waals surface area contributed by atoms with Gasteiger partial charge < -0.3 is 20.3 Å². The Kier molecular flexibility index (Phi) is 5.39. The Hall–Kier alpha value is -2.21. The monoisotopic (exact) mass is 393 g/mol. The van der Waals surface area contributed by atoms with Gasteiger partial charge in [0.25, 0.3) is 0 Å². The van der Waals surface area contributed by atoms with Gasteiger partial charge in [0.05, 0.1) is 0 Å². The number of esters is 1. The molecule has 0 aliphatic rings. The molecule has 6 heteroatoms. The molecule has 2 rings (SSSR count). The van der Waals surface area contributed by atoms with Gasteiger partial charge in [0, 0.05) is 22.3 Å². The fourth-order valence-corrected chi connectivity index (χ4v) is 2.44. The molecule has 0 amide bonds. The zero-order valence-corrected chi connectivity index (χ0v) is 15.3. The van der Waals surface area contributed by atoms with E-state index in [1.54, 1.807) is 45.0 Å². The summed E-state index contributed by atoms with van der Waals surface area (Å²) in [7, 11) is 0. The molecule has 2 aromatic rings. The third-order valence-corrected chi connectivity index (χ3v) is 3.63. The van der Waals surface area contributed by atoms with Crippen LogP contribution in [0.3, 0.4) is 0 Å². The van der Waals surface area contributed by atoms with Crippen LogP contribution in [0.2, 0.25) is 0 Å². The van der Waals surface area contributed by atoms with E-state index >= 15 is 0 Å². The minimum absolute atomic E-state index is 0.0911. The van der Waals surface area contributed by atoms with Crippen LogP contribution in [-0.2, 0) is 11.3 Å². The van der Waals surface area contributed by atoms with Crippen LogP contribution in [0.1, 0.15) is 36.7 Å². The standard InChI is InChI=1S/C18H20BrNO4/c1-18(2,3)24-17(23)14-9-13(5-7-16(14)22)20-10-11-8-12(19)4-6-15(11)21/h4-9,20-22H,10H2,1-3H3. The number of carbonyl (C=O) groups excluding carboxylic acids is 1. The first-order valence-electron chi connectivity index (χ1n) is 7.43. The van der Waals surface area contributed by atoms with E-state index in [0.29, 0.717) is 17.8 Å². The lowest BCUT2D eigenvalue weighted by atomic mass is 10.1. The van der Waals surface area contributed by atoms with Crippen LogP contribution >= 0.6 is 15.9 Å². The van der Waals surface area contributed by atoms with E-state index in [1.807, 2.05) is 0 Å². The van der Waals surface area contributed by atoms with Crippen LogP contribution in [0.15, 0.2) is 40.9 Å². The van der Waals surface area contributed by atoms with Gasteiger partial charge >= 0.3 is 5.97 Å². The highest BCUT2D eigenvalue weighted by Crippen LogP contribution is 2.26. The zero-order chi connectivity index (χ0) is 17.9. The number of phenolic OH excluding ortho intramolecular Hbond substituents is 2. The fourth-order valence-electron chi connectivity index (χ4n) is 2.04. The number of hydrogen-bond donors (Lipinski definition) is 3. The second kappa shape index (κ2) is 7.13. The average Bonchev–Trinajstić information content (AvgIpc) is 2.47. The van der Waals surface area contributed by atoms with Gasteiger partial charge in [0.15, 0.2) is 0 Å². The molecule has 0 radical (unpaired) electrons. The maximum Gasteiger partial charge on any atom is 0.342 e. The van der Waals surface area contributed by atoms with Crippen molar-refractivity contribution in [3.8, 4) is 11.5 Å². The lowest BCUT2D eigenvalue weighted by Gasteiger charge is -2.20. The molecule has 5 nitrogen and oxygen atoms in total. The Bertz CT molecular complexity index is 753. The van der Waals surface area contributed by atoms with Gasteiger partial charge in [-0.2, -0.15) is 0 Å². The van der Waals surface area contributed by atoms with E-state index in [9.17, 15) is 15.0 Å². The quantitative estimate of drug-likeness (QED) is 0.528. The highest BCUT2D eigenvalue weighted by molar-refractivity contribution is 9.10. The largest absolute Gasteiger partial charge is 0.508 e. The second-order valence-electron chi connectivity index (χ2n) is 6.36. The first-order chi connectivity index (χ1) is 11.2. The lowest BCUT2D eigenvalue weighted by molar-refractivity contribution is 0.00669. The van der Waals surface area contributed by atoms with Gasteiger partial charge in [0.1, 0.15) is 22.7 Å². The molecule has 0 saturated carbocycles. The number of carbonyl (C=O) groups is 1. The van der Waals surface area contributed by atoms with E-state index in [2.05, 4.69) is 21.2 Å². The number of ether oxygens (including phenoxy) is 1. The molecular formula is C18H20BrNO4. The molecule has 0 atom stereocenters. The van der Waals surface area contributed by atoms with E-state index < -0.39 is 11.6 Å². The van der Waals surface area contributed by atoms with Crippen molar-refractivity contribution in [3.05, 3.63) is 52.0 Å². The first-order valence-corrected chi connectivity index (χ1v) is 8.22. The van der Waals surface area contributed by atoms with Crippen LogP contribution in [0.5, 0.6) is 11.5 Å².